The van der Waals surface area contributed by atoms with Gasteiger partial charge in [0.15, 0.2) is 0 Å². The minimum absolute atomic E-state index is 0.861. The summed E-state index contributed by atoms with van der Waals surface area (Å²) in [4.78, 5) is 2.44. The number of fused-ring (bicyclic) bond motifs is 5. The number of hydrogen-bond acceptors (Lipinski definition) is 2. The van der Waals surface area contributed by atoms with Gasteiger partial charge in [-0.05, 0) is 97.4 Å². The number of rotatable bonds is 7. The fraction of sp³-hybridized carbons (Fsp3) is 0. The van der Waals surface area contributed by atoms with Crippen molar-refractivity contribution < 1.29 is 4.42 Å². The van der Waals surface area contributed by atoms with Gasteiger partial charge < -0.3 is 9.32 Å². The summed E-state index contributed by atoms with van der Waals surface area (Å²) < 4.78 is 6.94. The van der Waals surface area contributed by atoms with E-state index in [4.69, 9.17) is 4.42 Å². The van der Waals surface area contributed by atoms with Gasteiger partial charge in [0.2, 0.25) is 0 Å². The van der Waals surface area contributed by atoms with Crippen molar-refractivity contribution in [1.29, 1.82) is 0 Å². The van der Waals surface area contributed by atoms with Crippen molar-refractivity contribution >= 4 is 60.5 Å². The average molecular weight is 740 g/mol. The molecule has 0 fully saturated rings. The normalized spacial score (nSPS) is 11.4. The molecule has 0 spiro atoms. The molecule has 0 radical (unpaired) electrons. The number of furan rings is 1. The summed E-state index contributed by atoms with van der Waals surface area (Å²) >= 11 is 0. The van der Waals surface area contributed by atoms with E-state index in [1.165, 1.54) is 38.2 Å². The topological polar surface area (TPSA) is 16.4 Å². The third-order valence-corrected chi connectivity index (χ3v) is 11.5. The van der Waals surface area contributed by atoms with Crippen LogP contribution in [0.3, 0.4) is 0 Å². The SMILES string of the molecule is c1ccc(-c2cccc(-c3cccc(N(c4ccccc4-c4cccc5ccccc45)c4ccc(-c5cccc6ccccc56)c5oc6ccccc6c45)c3)c2)cc1. The highest BCUT2D eigenvalue weighted by molar-refractivity contribution is 6.19. The van der Waals surface area contributed by atoms with Crippen LogP contribution in [0.2, 0.25) is 0 Å². The Morgan fingerprint density at radius 1 is 0.310 bits per heavy atom. The van der Waals surface area contributed by atoms with Gasteiger partial charge in [-0.1, -0.05) is 182 Å². The van der Waals surface area contributed by atoms with Crippen LogP contribution in [0, 0.1) is 0 Å². The Bertz CT molecular complexity index is 3290. The second-order valence-electron chi connectivity index (χ2n) is 14.8. The Hall–Kier alpha value is -7.68. The lowest BCUT2D eigenvalue weighted by molar-refractivity contribution is 0.670. The maximum absolute atomic E-state index is 6.94. The molecule has 0 unspecified atom stereocenters. The van der Waals surface area contributed by atoms with Gasteiger partial charge in [-0.2, -0.15) is 0 Å². The number of benzene rings is 10. The molecule has 58 heavy (non-hydrogen) atoms. The molecular weight excluding hydrogens is 703 g/mol. The van der Waals surface area contributed by atoms with Gasteiger partial charge in [-0.15, -0.1) is 0 Å². The van der Waals surface area contributed by atoms with Crippen LogP contribution in [0.1, 0.15) is 0 Å². The van der Waals surface area contributed by atoms with Crippen LogP contribution in [0.15, 0.2) is 229 Å². The molecule has 2 nitrogen and oxygen atoms in total. The van der Waals surface area contributed by atoms with Crippen LogP contribution < -0.4 is 4.90 Å². The zero-order valence-electron chi connectivity index (χ0n) is 31.7. The highest BCUT2D eigenvalue weighted by Gasteiger charge is 2.25. The molecule has 0 atom stereocenters. The second-order valence-corrected chi connectivity index (χ2v) is 14.8. The first-order valence-electron chi connectivity index (χ1n) is 19.8. The summed E-state index contributed by atoms with van der Waals surface area (Å²) in [6.07, 6.45) is 0. The van der Waals surface area contributed by atoms with Crippen LogP contribution in [-0.2, 0) is 0 Å². The van der Waals surface area contributed by atoms with Crippen molar-refractivity contribution in [3.63, 3.8) is 0 Å². The fourth-order valence-electron chi connectivity index (χ4n) is 8.77. The van der Waals surface area contributed by atoms with Crippen LogP contribution in [0.4, 0.5) is 17.1 Å². The van der Waals surface area contributed by atoms with E-state index in [1.54, 1.807) is 0 Å². The molecule has 1 aromatic heterocycles. The second kappa shape index (κ2) is 14.1. The minimum Gasteiger partial charge on any atom is -0.455 e. The first-order chi connectivity index (χ1) is 28.8. The largest absolute Gasteiger partial charge is 0.455 e. The predicted octanol–water partition coefficient (Wildman–Crippen LogP) is 16.0. The summed E-state index contributed by atoms with van der Waals surface area (Å²) in [6.45, 7) is 0. The summed E-state index contributed by atoms with van der Waals surface area (Å²) in [6, 6.07) is 80.6. The highest BCUT2D eigenvalue weighted by atomic mass is 16.3. The molecular formula is C56H37NO. The Morgan fingerprint density at radius 3 is 1.59 bits per heavy atom. The van der Waals surface area contributed by atoms with Crippen molar-refractivity contribution in [2.24, 2.45) is 0 Å². The summed E-state index contributed by atoms with van der Waals surface area (Å²) in [5.41, 5.74) is 14.2. The smallest absolute Gasteiger partial charge is 0.145 e. The zero-order chi connectivity index (χ0) is 38.4. The van der Waals surface area contributed by atoms with Gasteiger partial charge in [-0.25, -0.2) is 0 Å². The lowest BCUT2D eigenvalue weighted by atomic mass is 9.94. The molecule has 0 bridgehead atoms. The maximum atomic E-state index is 6.94. The number of hydrogen-bond donors (Lipinski definition) is 0. The van der Waals surface area contributed by atoms with Gasteiger partial charge in [0.05, 0.1) is 16.8 Å². The van der Waals surface area contributed by atoms with Gasteiger partial charge in [0, 0.05) is 22.2 Å². The predicted molar refractivity (Wildman–Crippen MR) is 245 cm³/mol. The molecule has 1 heterocycles. The van der Waals surface area contributed by atoms with Crippen LogP contribution in [0.5, 0.6) is 0 Å². The van der Waals surface area contributed by atoms with Gasteiger partial charge in [0.1, 0.15) is 11.2 Å². The number of nitrogens with zero attached hydrogens (tertiary/aromatic N) is 1. The molecule has 11 aromatic rings. The van der Waals surface area contributed by atoms with E-state index in [1.807, 2.05) is 0 Å². The van der Waals surface area contributed by atoms with Gasteiger partial charge >= 0.3 is 0 Å². The quantitative estimate of drug-likeness (QED) is 0.162. The molecule has 2 heteroatoms. The van der Waals surface area contributed by atoms with E-state index in [2.05, 4.69) is 229 Å². The molecule has 0 aliphatic carbocycles. The maximum Gasteiger partial charge on any atom is 0.145 e. The number of para-hydroxylation sites is 2. The molecule has 10 aromatic carbocycles. The summed E-state index contributed by atoms with van der Waals surface area (Å²) in [7, 11) is 0. The Balaban J connectivity index is 1.19. The zero-order valence-corrected chi connectivity index (χ0v) is 31.7. The molecule has 0 saturated carbocycles. The van der Waals surface area contributed by atoms with E-state index in [9.17, 15) is 0 Å². The average Bonchev–Trinajstić information content (AvgIpc) is 3.70. The first-order valence-corrected chi connectivity index (χ1v) is 19.8. The molecule has 0 saturated heterocycles. The van der Waals surface area contributed by atoms with Gasteiger partial charge in [-0.3, -0.25) is 0 Å². The van der Waals surface area contributed by atoms with Crippen LogP contribution in [0.25, 0.3) is 88.0 Å². The van der Waals surface area contributed by atoms with Crippen molar-refractivity contribution in [3.8, 4) is 44.5 Å². The monoisotopic (exact) mass is 739 g/mol. The van der Waals surface area contributed by atoms with Crippen molar-refractivity contribution in [3.05, 3.63) is 224 Å². The third kappa shape index (κ3) is 5.74. The van der Waals surface area contributed by atoms with Crippen molar-refractivity contribution in [2.75, 3.05) is 4.90 Å². The van der Waals surface area contributed by atoms with Crippen molar-refractivity contribution in [1.82, 2.24) is 0 Å². The number of anilines is 3. The van der Waals surface area contributed by atoms with Gasteiger partial charge in [0.25, 0.3) is 0 Å². The van der Waals surface area contributed by atoms with E-state index < -0.39 is 0 Å². The van der Waals surface area contributed by atoms with Crippen LogP contribution >= 0.6 is 0 Å². The fourth-order valence-corrected chi connectivity index (χ4v) is 8.77. The highest BCUT2D eigenvalue weighted by Crippen LogP contribution is 2.49. The molecule has 0 N–H and O–H groups in total. The molecule has 272 valence electrons. The minimum atomic E-state index is 0.861. The van der Waals surface area contributed by atoms with E-state index in [-0.39, 0.29) is 0 Å². The molecule has 0 aliphatic rings. The Morgan fingerprint density at radius 2 is 0.828 bits per heavy atom. The van der Waals surface area contributed by atoms with E-state index >= 15 is 0 Å². The third-order valence-electron chi connectivity index (χ3n) is 11.5. The molecule has 0 aliphatic heterocycles. The van der Waals surface area contributed by atoms with E-state index in [0.717, 1.165) is 66.8 Å². The standard InChI is InChI=1S/C56H37NO/c1-2-16-38(17-3-1)41-22-12-23-42(36-41)43-24-13-25-44(37-43)57(52-32-10-8-28-49(52)47-30-14-20-39-18-4-6-26-45(39)47)53-35-34-50(48-31-15-21-40-19-5-7-27-46(40)48)56-55(53)51-29-9-11-33-54(51)58-56/h1-37H. The first kappa shape index (κ1) is 33.6. The lowest BCUT2D eigenvalue weighted by Crippen LogP contribution is -2.12. The summed E-state index contributed by atoms with van der Waals surface area (Å²) in [5.74, 6) is 0. The Labute approximate surface area is 337 Å². The van der Waals surface area contributed by atoms with E-state index in [0.29, 0.717) is 0 Å². The van der Waals surface area contributed by atoms with Crippen LogP contribution in [-0.4, -0.2) is 0 Å². The molecule has 11 rings (SSSR count). The lowest BCUT2D eigenvalue weighted by Gasteiger charge is -2.29. The van der Waals surface area contributed by atoms with Crippen molar-refractivity contribution in [2.45, 2.75) is 0 Å². The molecule has 0 amide bonds. The Kier molecular flexibility index (Phi) is 8.19. The summed E-state index contributed by atoms with van der Waals surface area (Å²) in [5, 5.41) is 6.98.